The van der Waals surface area contributed by atoms with Crippen molar-refractivity contribution < 1.29 is 19.0 Å². The number of ether oxygens (including phenoxy) is 1. The van der Waals surface area contributed by atoms with Crippen LogP contribution in [-0.4, -0.2) is 70.9 Å². The third-order valence-corrected chi connectivity index (χ3v) is 5.06. The topological polar surface area (TPSA) is 101 Å². The Hall–Kier alpha value is -2.68. The van der Waals surface area contributed by atoms with Crippen LogP contribution in [0.3, 0.4) is 0 Å². The van der Waals surface area contributed by atoms with Crippen molar-refractivity contribution in [1.29, 1.82) is 0 Å². The van der Waals surface area contributed by atoms with Gasteiger partial charge in [0, 0.05) is 39.3 Å². The average molecular weight is 373 g/mol. The summed E-state index contributed by atoms with van der Waals surface area (Å²) in [5.41, 5.74) is 2.28. The van der Waals surface area contributed by atoms with Gasteiger partial charge >= 0.3 is 6.03 Å². The van der Waals surface area contributed by atoms with E-state index in [0.717, 1.165) is 24.8 Å². The number of hydrogen-bond donors (Lipinski definition) is 1. The number of aromatic nitrogens is 2. The van der Waals surface area contributed by atoms with E-state index in [1.54, 1.807) is 4.90 Å². The third-order valence-electron chi connectivity index (χ3n) is 5.06. The Morgan fingerprint density at radius 2 is 1.89 bits per heavy atom. The smallest absolute Gasteiger partial charge is 0.317 e. The van der Waals surface area contributed by atoms with Crippen LogP contribution in [0.25, 0.3) is 11.0 Å². The highest BCUT2D eigenvalue weighted by Gasteiger charge is 2.30. The third kappa shape index (κ3) is 4.02. The first-order valence-corrected chi connectivity index (χ1v) is 9.35. The van der Waals surface area contributed by atoms with Crippen molar-refractivity contribution in [3.8, 4) is 0 Å². The maximum Gasteiger partial charge on any atom is 0.317 e. The Bertz CT molecular complexity index is 817. The molecule has 0 bridgehead atoms. The fourth-order valence-corrected chi connectivity index (χ4v) is 3.54. The van der Waals surface area contributed by atoms with Gasteiger partial charge in [0.1, 0.15) is 17.1 Å². The summed E-state index contributed by atoms with van der Waals surface area (Å²) in [5.74, 6) is 0.0595. The monoisotopic (exact) mass is 373 g/mol. The number of amides is 3. The largest absolute Gasteiger partial charge is 0.368 e. The maximum atomic E-state index is 12.5. The molecule has 2 fully saturated rings. The predicted molar refractivity (Wildman–Crippen MR) is 95.8 cm³/mol. The van der Waals surface area contributed by atoms with Gasteiger partial charge in [-0.3, -0.25) is 4.79 Å². The highest BCUT2D eigenvalue weighted by atomic mass is 16.6. The summed E-state index contributed by atoms with van der Waals surface area (Å²) in [6, 6.07) is 5.42. The van der Waals surface area contributed by atoms with Crippen molar-refractivity contribution in [2.45, 2.75) is 31.9 Å². The van der Waals surface area contributed by atoms with E-state index < -0.39 is 0 Å². The number of benzene rings is 1. The van der Waals surface area contributed by atoms with E-state index in [2.05, 4.69) is 20.3 Å². The first kappa shape index (κ1) is 17.7. The molecule has 0 saturated carbocycles. The second kappa shape index (κ2) is 7.91. The first-order chi connectivity index (χ1) is 13.2. The number of carbonyl (C=O) groups excluding carboxylic acids is 2. The standard InChI is InChI=1S/C18H23N5O4/c24-17(16-3-1-10-26-16)22-6-2-7-23(9-8-22)18(25)19-12-13-4-5-14-15(11-13)21-27-20-14/h4-5,11,16H,1-3,6-10,12H2,(H,19,25). The van der Waals surface area contributed by atoms with Crippen molar-refractivity contribution in [3.63, 3.8) is 0 Å². The van der Waals surface area contributed by atoms with E-state index in [0.29, 0.717) is 50.4 Å². The van der Waals surface area contributed by atoms with Gasteiger partial charge in [-0.15, -0.1) is 0 Å². The van der Waals surface area contributed by atoms with Gasteiger partial charge < -0.3 is 19.9 Å². The summed E-state index contributed by atoms with van der Waals surface area (Å²) in [7, 11) is 0. The van der Waals surface area contributed by atoms with Crippen LogP contribution >= 0.6 is 0 Å². The van der Waals surface area contributed by atoms with E-state index in [4.69, 9.17) is 4.74 Å². The number of nitrogens with zero attached hydrogens (tertiary/aromatic N) is 4. The predicted octanol–water partition coefficient (Wildman–Crippen LogP) is 1.15. The number of urea groups is 1. The van der Waals surface area contributed by atoms with Crippen molar-refractivity contribution in [2.24, 2.45) is 0 Å². The van der Waals surface area contributed by atoms with Crippen LogP contribution in [0.1, 0.15) is 24.8 Å². The highest BCUT2D eigenvalue weighted by Crippen LogP contribution is 2.16. The second-order valence-corrected chi connectivity index (χ2v) is 6.91. The minimum Gasteiger partial charge on any atom is -0.368 e. The minimum absolute atomic E-state index is 0.0595. The summed E-state index contributed by atoms with van der Waals surface area (Å²) >= 11 is 0. The molecular formula is C18H23N5O4. The molecule has 3 amide bonds. The normalized spacial score (nSPS) is 20.7. The molecule has 0 radical (unpaired) electrons. The lowest BCUT2D eigenvalue weighted by Crippen LogP contribution is -2.44. The van der Waals surface area contributed by atoms with Crippen LogP contribution in [0.15, 0.2) is 22.8 Å². The molecule has 2 aliphatic heterocycles. The zero-order valence-corrected chi connectivity index (χ0v) is 15.1. The van der Waals surface area contributed by atoms with Crippen molar-refractivity contribution in [1.82, 2.24) is 25.4 Å². The SMILES string of the molecule is O=C(NCc1ccc2nonc2c1)N1CCCN(C(=O)C2CCCO2)CC1. The molecule has 1 atom stereocenters. The zero-order valence-electron chi connectivity index (χ0n) is 15.1. The molecule has 0 spiro atoms. The Kier molecular flexibility index (Phi) is 5.19. The Morgan fingerprint density at radius 3 is 2.74 bits per heavy atom. The van der Waals surface area contributed by atoms with Gasteiger partial charge in [-0.2, -0.15) is 0 Å². The lowest BCUT2D eigenvalue weighted by Gasteiger charge is -2.24. The van der Waals surface area contributed by atoms with E-state index in [-0.39, 0.29) is 18.0 Å². The van der Waals surface area contributed by atoms with E-state index in [9.17, 15) is 9.59 Å². The van der Waals surface area contributed by atoms with Crippen molar-refractivity contribution >= 4 is 23.0 Å². The minimum atomic E-state index is -0.300. The fraction of sp³-hybridized carbons (Fsp3) is 0.556. The first-order valence-electron chi connectivity index (χ1n) is 9.35. The molecule has 9 heteroatoms. The van der Waals surface area contributed by atoms with Crippen molar-refractivity contribution in [2.75, 3.05) is 32.8 Å². The molecule has 9 nitrogen and oxygen atoms in total. The summed E-state index contributed by atoms with van der Waals surface area (Å²) in [4.78, 5) is 28.6. The Morgan fingerprint density at radius 1 is 1.07 bits per heavy atom. The average Bonchev–Trinajstić information content (AvgIpc) is 3.32. The number of carbonyl (C=O) groups is 2. The highest BCUT2D eigenvalue weighted by molar-refractivity contribution is 5.81. The van der Waals surface area contributed by atoms with E-state index in [1.165, 1.54) is 0 Å². The summed E-state index contributed by atoms with van der Waals surface area (Å²) in [5, 5.41) is 10.5. The molecule has 4 rings (SSSR count). The molecule has 1 aromatic carbocycles. The van der Waals surface area contributed by atoms with E-state index in [1.807, 2.05) is 23.1 Å². The molecule has 1 unspecified atom stereocenters. The summed E-state index contributed by atoms with van der Waals surface area (Å²) in [6.07, 6.45) is 2.20. The van der Waals surface area contributed by atoms with E-state index >= 15 is 0 Å². The van der Waals surface area contributed by atoms with Crippen LogP contribution < -0.4 is 5.32 Å². The second-order valence-electron chi connectivity index (χ2n) is 6.91. The summed E-state index contributed by atoms with van der Waals surface area (Å²) < 4.78 is 10.2. The molecule has 0 aliphatic carbocycles. The zero-order chi connectivity index (χ0) is 18.6. The molecule has 1 aromatic heterocycles. The lowest BCUT2D eigenvalue weighted by atomic mass is 10.2. The molecule has 144 valence electrons. The number of fused-ring (bicyclic) bond motifs is 1. The van der Waals surface area contributed by atoms with Gasteiger partial charge in [0.15, 0.2) is 0 Å². The van der Waals surface area contributed by atoms with Crippen LogP contribution in [0.4, 0.5) is 4.79 Å². The number of nitrogens with one attached hydrogen (secondary N) is 1. The lowest BCUT2D eigenvalue weighted by molar-refractivity contribution is -0.140. The molecule has 2 aliphatic rings. The van der Waals surface area contributed by atoms with Crippen molar-refractivity contribution in [3.05, 3.63) is 23.8 Å². The van der Waals surface area contributed by atoms with Gasteiger partial charge in [0.05, 0.1) is 0 Å². The van der Waals surface area contributed by atoms with Crippen LogP contribution in [0.5, 0.6) is 0 Å². The molecule has 2 aromatic rings. The molecule has 1 N–H and O–H groups in total. The van der Waals surface area contributed by atoms with Gasteiger partial charge in [0.2, 0.25) is 0 Å². The summed E-state index contributed by atoms with van der Waals surface area (Å²) in [6.45, 7) is 3.43. The van der Waals surface area contributed by atoms with Crippen LogP contribution in [0, 0.1) is 0 Å². The van der Waals surface area contributed by atoms with Gasteiger partial charge in [-0.1, -0.05) is 6.07 Å². The fourth-order valence-electron chi connectivity index (χ4n) is 3.54. The maximum absolute atomic E-state index is 12.5. The Balaban J connectivity index is 1.29. The molecule has 3 heterocycles. The Labute approximate surface area is 156 Å². The quantitative estimate of drug-likeness (QED) is 0.866. The van der Waals surface area contributed by atoms with Gasteiger partial charge in [0.25, 0.3) is 5.91 Å². The molecule has 27 heavy (non-hydrogen) atoms. The molecular weight excluding hydrogens is 350 g/mol. The molecule has 2 saturated heterocycles. The number of rotatable bonds is 3. The van der Waals surface area contributed by atoms with Gasteiger partial charge in [-0.25, -0.2) is 9.42 Å². The van der Waals surface area contributed by atoms with Crippen LogP contribution in [-0.2, 0) is 16.1 Å². The van der Waals surface area contributed by atoms with Crippen LogP contribution in [0.2, 0.25) is 0 Å². The van der Waals surface area contributed by atoms with Gasteiger partial charge in [-0.05, 0) is 47.3 Å². The number of hydrogen-bond acceptors (Lipinski definition) is 6.